The maximum atomic E-state index is 12.2. The van der Waals surface area contributed by atoms with Crippen LogP contribution in [0.2, 0.25) is 0 Å². The summed E-state index contributed by atoms with van der Waals surface area (Å²) in [6, 6.07) is 18.6. The zero-order valence-corrected chi connectivity index (χ0v) is 13.5. The van der Waals surface area contributed by atoms with Gasteiger partial charge in [0.2, 0.25) is 5.91 Å². The van der Waals surface area contributed by atoms with Gasteiger partial charge in [-0.2, -0.15) is 0 Å². The highest BCUT2D eigenvalue weighted by molar-refractivity contribution is 5.92. The lowest BCUT2D eigenvalue weighted by atomic mass is 10.1. The molecule has 3 rings (SSSR count). The molecule has 1 aliphatic rings. The van der Waals surface area contributed by atoms with Crippen molar-refractivity contribution >= 4 is 11.6 Å². The number of nitrogens with one attached hydrogen (secondary N) is 2. The Bertz CT molecular complexity index is 639. The van der Waals surface area contributed by atoms with Crippen molar-refractivity contribution in [2.45, 2.75) is 13.0 Å². The fourth-order valence-electron chi connectivity index (χ4n) is 2.88. The van der Waals surface area contributed by atoms with Crippen molar-refractivity contribution in [2.75, 3.05) is 31.5 Å². The lowest BCUT2D eigenvalue weighted by Crippen LogP contribution is -2.51. The van der Waals surface area contributed by atoms with Crippen molar-refractivity contribution in [3.63, 3.8) is 0 Å². The van der Waals surface area contributed by atoms with E-state index in [1.54, 1.807) is 0 Å². The Balaban J connectivity index is 1.58. The number of carbonyl (C=O) groups is 1. The minimum atomic E-state index is 0.0474. The maximum absolute atomic E-state index is 12.2. The third-order valence-corrected chi connectivity index (χ3v) is 4.26. The lowest BCUT2D eigenvalue weighted by Gasteiger charge is -2.33. The maximum Gasteiger partial charge on any atom is 0.238 e. The number of nitrogens with zero attached hydrogens (tertiary/aromatic N) is 1. The number of hydrogen-bond acceptors (Lipinski definition) is 3. The van der Waals surface area contributed by atoms with Gasteiger partial charge in [-0.1, -0.05) is 42.5 Å². The second-order valence-electron chi connectivity index (χ2n) is 6.02. The fourth-order valence-corrected chi connectivity index (χ4v) is 2.88. The SMILES string of the molecule is C[C@@H]1CNCCN1CC(=O)Nc1ccc(-c2ccccc2)cc1. The number of benzene rings is 2. The number of carbonyl (C=O) groups excluding carboxylic acids is 1. The van der Waals surface area contributed by atoms with E-state index in [1.165, 1.54) is 5.56 Å². The zero-order chi connectivity index (χ0) is 16.1. The Labute approximate surface area is 137 Å². The quantitative estimate of drug-likeness (QED) is 0.912. The Morgan fingerprint density at radius 3 is 2.52 bits per heavy atom. The molecule has 2 N–H and O–H groups in total. The molecule has 4 heteroatoms. The Hall–Kier alpha value is -2.17. The second-order valence-corrected chi connectivity index (χ2v) is 6.02. The van der Waals surface area contributed by atoms with Crippen LogP contribution in [-0.4, -0.2) is 43.0 Å². The normalized spacial score (nSPS) is 18.6. The van der Waals surface area contributed by atoms with E-state index in [0.717, 1.165) is 30.9 Å². The first-order valence-corrected chi connectivity index (χ1v) is 8.12. The van der Waals surface area contributed by atoms with Crippen molar-refractivity contribution < 1.29 is 4.79 Å². The molecule has 120 valence electrons. The first-order chi connectivity index (χ1) is 11.2. The van der Waals surface area contributed by atoms with Gasteiger partial charge in [0.25, 0.3) is 0 Å². The van der Waals surface area contributed by atoms with Crippen LogP contribution in [0.5, 0.6) is 0 Å². The standard InChI is InChI=1S/C19H23N3O/c1-15-13-20-11-12-22(15)14-19(23)21-18-9-7-17(8-10-18)16-5-3-2-4-6-16/h2-10,15,20H,11-14H2,1H3,(H,21,23)/t15-/m1/s1. The van der Waals surface area contributed by atoms with Crippen LogP contribution in [-0.2, 0) is 4.79 Å². The van der Waals surface area contributed by atoms with Gasteiger partial charge in [0.15, 0.2) is 0 Å². The van der Waals surface area contributed by atoms with E-state index >= 15 is 0 Å². The summed E-state index contributed by atoms with van der Waals surface area (Å²) in [4.78, 5) is 14.4. The van der Waals surface area contributed by atoms with Crippen LogP contribution in [0.1, 0.15) is 6.92 Å². The minimum Gasteiger partial charge on any atom is -0.325 e. The molecule has 2 aromatic carbocycles. The summed E-state index contributed by atoms with van der Waals surface area (Å²) < 4.78 is 0. The van der Waals surface area contributed by atoms with Gasteiger partial charge in [0, 0.05) is 31.4 Å². The van der Waals surface area contributed by atoms with Gasteiger partial charge < -0.3 is 10.6 Å². The highest BCUT2D eigenvalue weighted by Gasteiger charge is 2.20. The van der Waals surface area contributed by atoms with Crippen molar-refractivity contribution in [1.82, 2.24) is 10.2 Å². The Morgan fingerprint density at radius 1 is 1.13 bits per heavy atom. The molecule has 0 bridgehead atoms. The third kappa shape index (κ3) is 4.18. The average Bonchev–Trinajstić information content (AvgIpc) is 2.58. The number of anilines is 1. The largest absolute Gasteiger partial charge is 0.325 e. The fraction of sp³-hybridized carbons (Fsp3) is 0.316. The van der Waals surface area contributed by atoms with Crippen molar-refractivity contribution in [3.05, 3.63) is 54.6 Å². The van der Waals surface area contributed by atoms with E-state index in [9.17, 15) is 4.79 Å². The Kier molecular flexibility index (Phi) is 5.05. The van der Waals surface area contributed by atoms with Crippen molar-refractivity contribution in [2.24, 2.45) is 0 Å². The predicted octanol–water partition coefficient (Wildman–Crippen LogP) is 2.59. The molecular formula is C19H23N3O. The molecule has 1 amide bonds. The average molecular weight is 309 g/mol. The molecule has 0 unspecified atom stereocenters. The molecule has 23 heavy (non-hydrogen) atoms. The lowest BCUT2D eigenvalue weighted by molar-refractivity contribution is -0.118. The molecule has 0 radical (unpaired) electrons. The monoisotopic (exact) mass is 309 g/mol. The van der Waals surface area contributed by atoms with Crippen molar-refractivity contribution in [3.8, 4) is 11.1 Å². The van der Waals surface area contributed by atoms with Gasteiger partial charge in [-0.25, -0.2) is 0 Å². The van der Waals surface area contributed by atoms with Gasteiger partial charge in [-0.15, -0.1) is 0 Å². The summed E-state index contributed by atoms with van der Waals surface area (Å²) in [5.74, 6) is 0.0474. The van der Waals surface area contributed by atoms with Gasteiger partial charge in [-0.3, -0.25) is 9.69 Å². The van der Waals surface area contributed by atoms with Crippen LogP contribution in [0.4, 0.5) is 5.69 Å². The summed E-state index contributed by atoms with van der Waals surface area (Å²) in [6.07, 6.45) is 0. The van der Waals surface area contributed by atoms with Crippen LogP contribution in [0.25, 0.3) is 11.1 Å². The molecule has 1 fully saturated rings. The van der Waals surface area contributed by atoms with Crippen molar-refractivity contribution in [1.29, 1.82) is 0 Å². The molecule has 1 heterocycles. The smallest absolute Gasteiger partial charge is 0.238 e. The van der Waals surface area contributed by atoms with E-state index in [4.69, 9.17) is 0 Å². The summed E-state index contributed by atoms with van der Waals surface area (Å²) >= 11 is 0. The highest BCUT2D eigenvalue weighted by atomic mass is 16.2. The molecule has 4 nitrogen and oxygen atoms in total. The molecule has 0 saturated carbocycles. The van der Waals surface area contributed by atoms with Gasteiger partial charge >= 0.3 is 0 Å². The molecule has 2 aromatic rings. The first kappa shape index (κ1) is 15.7. The van der Waals surface area contributed by atoms with Crippen LogP contribution >= 0.6 is 0 Å². The Morgan fingerprint density at radius 2 is 1.83 bits per heavy atom. The molecule has 1 atom stereocenters. The number of piperazine rings is 1. The van der Waals surface area contributed by atoms with Gasteiger partial charge in [0.05, 0.1) is 6.54 Å². The molecule has 1 aliphatic heterocycles. The highest BCUT2D eigenvalue weighted by Crippen LogP contribution is 2.21. The van der Waals surface area contributed by atoms with Crippen LogP contribution in [0, 0.1) is 0 Å². The minimum absolute atomic E-state index is 0.0474. The molecule has 0 spiro atoms. The summed E-state index contributed by atoms with van der Waals surface area (Å²) in [7, 11) is 0. The first-order valence-electron chi connectivity index (χ1n) is 8.12. The molecule has 0 aromatic heterocycles. The third-order valence-electron chi connectivity index (χ3n) is 4.26. The van der Waals surface area contributed by atoms with E-state index in [1.807, 2.05) is 42.5 Å². The van der Waals surface area contributed by atoms with Gasteiger partial charge in [-0.05, 0) is 30.2 Å². The predicted molar refractivity (Wildman–Crippen MR) is 94.4 cm³/mol. The van der Waals surface area contributed by atoms with Crippen LogP contribution in [0.3, 0.4) is 0 Å². The van der Waals surface area contributed by atoms with E-state index in [2.05, 4.69) is 34.6 Å². The molecular weight excluding hydrogens is 286 g/mol. The number of rotatable bonds is 4. The summed E-state index contributed by atoms with van der Waals surface area (Å²) in [5, 5.41) is 6.32. The van der Waals surface area contributed by atoms with Crippen LogP contribution < -0.4 is 10.6 Å². The van der Waals surface area contributed by atoms with E-state index in [-0.39, 0.29) is 5.91 Å². The molecule has 1 saturated heterocycles. The topological polar surface area (TPSA) is 44.4 Å². The molecule has 0 aliphatic carbocycles. The summed E-state index contributed by atoms with van der Waals surface area (Å²) in [5.41, 5.74) is 3.18. The number of hydrogen-bond donors (Lipinski definition) is 2. The number of amides is 1. The summed E-state index contributed by atoms with van der Waals surface area (Å²) in [6.45, 7) is 5.40. The van der Waals surface area contributed by atoms with E-state index in [0.29, 0.717) is 12.6 Å². The van der Waals surface area contributed by atoms with E-state index < -0.39 is 0 Å². The van der Waals surface area contributed by atoms with Crippen LogP contribution in [0.15, 0.2) is 54.6 Å². The second kappa shape index (κ2) is 7.40. The zero-order valence-electron chi connectivity index (χ0n) is 13.5. The van der Waals surface area contributed by atoms with Gasteiger partial charge in [0.1, 0.15) is 0 Å².